The molecule has 1 fully saturated rings. The first kappa shape index (κ1) is 11.8. The molecule has 90 valence electrons. The predicted octanol–water partition coefficient (Wildman–Crippen LogP) is -0.102. The highest BCUT2D eigenvalue weighted by Gasteiger charge is 2.27. The summed E-state index contributed by atoms with van der Waals surface area (Å²) < 4.78 is 1.78. The number of aliphatic hydroxyl groups is 1. The van der Waals surface area contributed by atoms with Crippen LogP contribution >= 0.6 is 11.8 Å². The van der Waals surface area contributed by atoms with E-state index in [1.54, 1.807) is 16.4 Å². The van der Waals surface area contributed by atoms with E-state index in [1.807, 2.05) is 7.05 Å². The van der Waals surface area contributed by atoms with E-state index < -0.39 is 0 Å². The number of thioether (sulfide) groups is 1. The van der Waals surface area contributed by atoms with Crippen LogP contribution in [0, 0.1) is 0 Å². The standard InChI is InChI=1S/C9H17N5OS/c1-10-5-6-14-9(11-12-13-14)16-8-4-2-3-7(8)15/h7-8,10,15H,2-6H2,1H3. The Morgan fingerprint density at radius 1 is 1.56 bits per heavy atom. The molecule has 2 rings (SSSR count). The van der Waals surface area contributed by atoms with E-state index in [0.29, 0.717) is 0 Å². The summed E-state index contributed by atoms with van der Waals surface area (Å²) in [4.78, 5) is 0. The van der Waals surface area contributed by atoms with E-state index in [-0.39, 0.29) is 11.4 Å². The van der Waals surface area contributed by atoms with Crippen LogP contribution in [0.2, 0.25) is 0 Å². The van der Waals surface area contributed by atoms with Crippen molar-refractivity contribution in [1.82, 2.24) is 25.5 Å². The zero-order valence-electron chi connectivity index (χ0n) is 9.33. The van der Waals surface area contributed by atoms with Crippen molar-refractivity contribution in [3.05, 3.63) is 0 Å². The van der Waals surface area contributed by atoms with E-state index in [4.69, 9.17) is 0 Å². The van der Waals surface area contributed by atoms with E-state index >= 15 is 0 Å². The molecule has 1 aromatic heterocycles. The number of likely N-dealkylation sites (N-methyl/N-ethyl adjacent to an activating group) is 1. The monoisotopic (exact) mass is 243 g/mol. The lowest BCUT2D eigenvalue weighted by molar-refractivity contribution is 0.188. The molecule has 6 nitrogen and oxygen atoms in total. The van der Waals surface area contributed by atoms with Crippen molar-refractivity contribution in [3.8, 4) is 0 Å². The summed E-state index contributed by atoms with van der Waals surface area (Å²) in [5.74, 6) is 0. The van der Waals surface area contributed by atoms with Crippen LogP contribution in [0.3, 0.4) is 0 Å². The summed E-state index contributed by atoms with van der Waals surface area (Å²) in [5.41, 5.74) is 0. The lowest BCUT2D eigenvalue weighted by Crippen LogP contribution is -2.19. The molecule has 0 aliphatic heterocycles. The van der Waals surface area contributed by atoms with Gasteiger partial charge in [-0.15, -0.1) is 5.10 Å². The summed E-state index contributed by atoms with van der Waals surface area (Å²) in [6.45, 7) is 1.60. The fraction of sp³-hybridized carbons (Fsp3) is 0.889. The van der Waals surface area contributed by atoms with Gasteiger partial charge in [-0.25, -0.2) is 4.68 Å². The molecule has 1 aliphatic rings. The zero-order valence-corrected chi connectivity index (χ0v) is 10.2. The second kappa shape index (κ2) is 5.60. The van der Waals surface area contributed by atoms with Gasteiger partial charge in [0, 0.05) is 11.8 Å². The second-order valence-corrected chi connectivity index (χ2v) is 5.15. The predicted molar refractivity (Wildman–Crippen MR) is 61.2 cm³/mol. The third kappa shape index (κ3) is 2.72. The molecule has 7 heteroatoms. The summed E-state index contributed by atoms with van der Waals surface area (Å²) >= 11 is 1.59. The van der Waals surface area contributed by atoms with Crippen molar-refractivity contribution < 1.29 is 5.11 Å². The van der Waals surface area contributed by atoms with Crippen molar-refractivity contribution in [2.45, 2.75) is 42.3 Å². The first-order chi connectivity index (χ1) is 7.81. The smallest absolute Gasteiger partial charge is 0.209 e. The molecule has 0 bridgehead atoms. The molecule has 1 saturated carbocycles. The van der Waals surface area contributed by atoms with Gasteiger partial charge in [0.25, 0.3) is 0 Å². The number of hydrogen-bond acceptors (Lipinski definition) is 6. The number of nitrogens with one attached hydrogen (secondary N) is 1. The van der Waals surface area contributed by atoms with Gasteiger partial charge in [-0.1, -0.05) is 11.8 Å². The van der Waals surface area contributed by atoms with E-state index in [9.17, 15) is 5.11 Å². The zero-order chi connectivity index (χ0) is 11.4. The van der Waals surface area contributed by atoms with Crippen LogP contribution in [-0.4, -0.2) is 50.3 Å². The number of tetrazole rings is 1. The van der Waals surface area contributed by atoms with Gasteiger partial charge < -0.3 is 10.4 Å². The molecule has 0 spiro atoms. The van der Waals surface area contributed by atoms with E-state index in [0.717, 1.165) is 37.5 Å². The molecule has 0 aromatic carbocycles. The number of hydrogen-bond donors (Lipinski definition) is 2. The lowest BCUT2D eigenvalue weighted by Gasteiger charge is -2.12. The van der Waals surface area contributed by atoms with Crippen LogP contribution < -0.4 is 5.32 Å². The van der Waals surface area contributed by atoms with Crippen LogP contribution in [0.5, 0.6) is 0 Å². The van der Waals surface area contributed by atoms with Crippen LogP contribution in [-0.2, 0) is 6.54 Å². The summed E-state index contributed by atoms with van der Waals surface area (Å²) in [6.07, 6.45) is 2.83. The molecular weight excluding hydrogens is 226 g/mol. The van der Waals surface area contributed by atoms with Crippen LogP contribution in [0.25, 0.3) is 0 Å². The minimum atomic E-state index is -0.209. The van der Waals surface area contributed by atoms with Gasteiger partial charge in [0.2, 0.25) is 5.16 Å². The van der Waals surface area contributed by atoms with Crippen molar-refractivity contribution in [3.63, 3.8) is 0 Å². The number of rotatable bonds is 5. The molecule has 0 saturated heterocycles. The third-order valence-corrected chi connectivity index (χ3v) is 4.10. The Kier molecular flexibility index (Phi) is 4.14. The first-order valence-electron chi connectivity index (χ1n) is 5.56. The lowest BCUT2D eigenvalue weighted by atomic mass is 10.3. The maximum Gasteiger partial charge on any atom is 0.209 e. The molecule has 0 radical (unpaired) electrons. The van der Waals surface area contributed by atoms with Crippen molar-refractivity contribution in [1.29, 1.82) is 0 Å². The van der Waals surface area contributed by atoms with Gasteiger partial charge in [0.1, 0.15) is 0 Å². The van der Waals surface area contributed by atoms with Gasteiger partial charge in [-0.05, 0) is 36.7 Å². The Bertz CT molecular complexity index is 331. The van der Waals surface area contributed by atoms with E-state index in [2.05, 4.69) is 20.8 Å². The molecule has 2 N–H and O–H groups in total. The second-order valence-electron chi connectivity index (χ2n) is 3.94. The number of aliphatic hydroxyl groups excluding tert-OH is 1. The average molecular weight is 243 g/mol. The molecule has 0 amide bonds. The van der Waals surface area contributed by atoms with Gasteiger partial charge in [0.05, 0.1) is 12.6 Å². The highest BCUT2D eigenvalue weighted by atomic mass is 32.2. The molecule has 16 heavy (non-hydrogen) atoms. The largest absolute Gasteiger partial charge is 0.392 e. The molecule has 1 heterocycles. The number of aromatic nitrogens is 4. The normalized spacial score (nSPS) is 25.1. The SMILES string of the molecule is CNCCn1nnnc1SC1CCCC1O. The maximum atomic E-state index is 9.74. The minimum absolute atomic E-state index is 0.209. The molecule has 2 unspecified atom stereocenters. The summed E-state index contributed by atoms with van der Waals surface area (Å²) in [5, 5.41) is 25.5. The van der Waals surface area contributed by atoms with Crippen molar-refractivity contribution >= 4 is 11.8 Å². The first-order valence-corrected chi connectivity index (χ1v) is 6.44. The fourth-order valence-electron chi connectivity index (χ4n) is 1.82. The third-order valence-electron chi connectivity index (χ3n) is 2.75. The van der Waals surface area contributed by atoms with Crippen LogP contribution in [0.1, 0.15) is 19.3 Å². The van der Waals surface area contributed by atoms with E-state index in [1.165, 1.54) is 0 Å². The average Bonchev–Trinajstić information content (AvgIpc) is 2.87. The van der Waals surface area contributed by atoms with Crippen LogP contribution in [0.15, 0.2) is 5.16 Å². The minimum Gasteiger partial charge on any atom is -0.392 e. The Morgan fingerprint density at radius 3 is 3.12 bits per heavy atom. The highest BCUT2D eigenvalue weighted by Crippen LogP contribution is 2.33. The highest BCUT2D eigenvalue weighted by molar-refractivity contribution is 7.99. The van der Waals surface area contributed by atoms with Gasteiger partial charge in [-0.3, -0.25) is 0 Å². The fourth-order valence-corrected chi connectivity index (χ4v) is 3.00. The summed E-state index contributed by atoms with van der Waals surface area (Å²) in [6, 6.07) is 0. The van der Waals surface area contributed by atoms with Gasteiger partial charge in [0.15, 0.2) is 0 Å². The molecule has 1 aliphatic carbocycles. The number of nitrogens with zero attached hydrogens (tertiary/aromatic N) is 4. The quantitative estimate of drug-likeness (QED) is 0.752. The molecular formula is C9H17N5OS. The Morgan fingerprint density at radius 2 is 2.44 bits per heavy atom. The Balaban J connectivity index is 1.95. The van der Waals surface area contributed by atoms with Crippen molar-refractivity contribution in [2.75, 3.05) is 13.6 Å². The molecule has 1 aromatic rings. The van der Waals surface area contributed by atoms with Gasteiger partial charge >= 0.3 is 0 Å². The topological polar surface area (TPSA) is 75.9 Å². The van der Waals surface area contributed by atoms with Gasteiger partial charge in [-0.2, -0.15) is 0 Å². The van der Waals surface area contributed by atoms with Crippen LogP contribution in [0.4, 0.5) is 0 Å². The Labute approximate surface area is 98.8 Å². The Hall–Kier alpha value is -0.660. The molecule has 2 atom stereocenters. The van der Waals surface area contributed by atoms with Crippen molar-refractivity contribution in [2.24, 2.45) is 0 Å². The maximum absolute atomic E-state index is 9.74. The summed E-state index contributed by atoms with van der Waals surface area (Å²) in [7, 11) is 1.90.